The minimum Gasteiger partial charge on any atom is -0.480 e. The van der Waals surface area contributed by atoms with E-state index in [1.807, 2.05) is 16.5 Å². The van der Waals surface area contributed by atoms with Gasteiger partial charge in [-0.2, -0.15) is 0 Å². The van der Waals surface area contributed by atoms with Crippen LogP contribution in [0.1, 0.15) is 13.3 Å². The highest BCUT2D eigenvalue weighted by Gasteiger charge is 2.23. The molecule has 2 rings (SSSR count). The maximum absolute atomic E-state index is 11.0. The summed E-state index contributed by atoms with van der Waals surface area (Å²) in [6.07, 6.45) is 2.79. The predicted octanol–water partition coefficient (Wildman–Crippen LogP) is 1.13. The SMILES string of the molecule is C[C@@H](C(=O)O)N1CCCN(c2nccs2)CC1. The Hall–Kier alpha value is -1.14. The molecule has 0 radical (unpaired) electrons. The smallest absolute Gasteiger partial charge is 0.320 e. The predicted molar refractivity (Wildman–Crippen MR) is 67.6 cm³/mol. The highest BCUT2D eigenvalue weighted by molar-refractivity contribution is 7.13. The van der Waals surface area contributed by atoms with Gasteiger partial charge in [0.1, 0.15) is 6.04 Å². The lowest BCUT2D eigenvalue weighted by atomic mass is 10.2. The number of nitrogens with zero attached hydrogens (tertiary/aromatic N) is 3. The fourth-order valence-electron chi connectivity index (χ4n) is 2.04. The molecular weight excluding hydrogens is 238 g/mol. The van der Waals surface area contributed by atoms with Crippen LogP contribution in [0.3, 0.4) is 0 Å². The van der Waals surface area contributed by atoms with E-state index >= 15 is 0 Å². The van der Waals surface area contributed by atoms with Crippen molar-refractivity contribution in [1.82, 2.24) is 9.88 Å². The quantitative estimate of drug-likeness (QED) is 0.877. The van der Waals surface area contributed by atoms with Crippen LogP contribution in [0.4, 0.5) is 5.13 Å². The molecule has 0 amide bonds. The van der Waals surface area contributed by atoms with Gasteiger partial charge in [0.25, 0.3) is 0 Å². The molecule has 0 aromatic carbocycles. The van der Waals surface area contributed by atoms with Crippen LogP contribution in [0.2, 0.25) is 0 Å². The summed E-state index contributed by atoms with van der Waals surface area (Å²) >= 11 is 1.63. The van der Waals surface area contributed by atoms with E-state index in [0.717, 1.165) is 37.7 Å². The largest absolute Gasteiger partial charge is 0.480 e. The van der Waals surface area contributed by atoms with E-state index in [2.05, 4.69) is 9.88 Å². The number of hydrogen-bond acceptors (Lipinski definition) is 5. The summed E-state index contributed by atoms with van der Waals surface area (Å²) in [5, 5.41) is 12.0. The van der Waals surface area contributed by atoms with Crippen LogP contribution in [0, 0.1) is 0 Å². The lowest BCUT2D eigenvalue weighted by Gasteiger charge is -2.24. The van der Waals surface area contributed by atoms with Crippen LogP contribution in [0.15, 0.2) is 11.6 Å². The van der Waals surface area contributed by atoms with E-state index in [0.29, 0.717) is 0 Å². The number of aliphatic carboxylic acids is 1. The van der Waals surface area contributed by atoms with Gasteiger partial charge in [0.05, 0.1) is 0 Å². The average Bonchev–Trinajstić information content (AvgIpc) is 2.73. The third-order valence-corrected chi connectivity index (χ3v) is 3.96. The normalized spacial score (nSPS) is 19.9. The Kier molecular flexibility index (Phi) is 3.96. The number of thiazole rings is 1. The monoisotopic (exact) mass is 255 g/mol. The molecule has 1 aromatic rings. The van der Waals surface area contributed by atoms with Crippen LogP contribution >= 0.6 is 11.3 Å². The van der Waals surface area contributed by atoms with Gasteiger partial charge in [-0.05, 0) is 13.3 Å². The van der Waals surface area contributed by atoms with Gasteiger partial charge in [0, 0.05) is 37.8 Å². The van der Waals surface area contributed by atoms with Crippen molar-refractivity contribution in [2.75, 3.05) is 31.1 Å². The zero-order valence-electron chi connectivity index (χ0n) is 9.87. The van der Waals surface area contributed by atoms with E-state index in [1.165, 1.54) is 0 Å². The molecule has 0 aliphatic carbocycles. The van der Waals surface area contributed by atoms with Crippen LogP contribution in [-0.2, 0) is 4.79 Å². The molecule has 1 fully saturated rings. The molecule has 1 aliphatic rings. The van der Waals surface area contributed by atoms with Crippen molar-refractivity contribution in [3.8, 4) is 0 Å². The molecule has 0 unspecified atom stereocenters. The summed E-state index contributed by atoms with van der Waals surface area (Å²) in [5.41, 5.74) is 0. The Bertz CT molecular complexity index is 369. The summed E-state index contributed by atoms with van der Waals surface area (Å²) in [4.78, 5) is 19.5. The number of carbonyl (C=O) groups is 1. The second-order valence-corrected chi connectivity index (χ2v) is 5.08. The fraction of sp³-hybridized carbons (Fsp3) is 0.636. The second kappa shape index (κ2) is 5.46. The molecule has 6 heteroatoms. The summed E-state index contributed by atoms with van der Waals surface area (Å²) in [6, 6.07) is -0.397. The maximum atomic E-state index is 11.0. The maximum Gasteiger partial charge on any atom is 0.320 e. The number of hydrogen-bond donors (Lipinski definition) is 1. The third-order valence-electron chi connectivity index (χ3n) is 3.13. The molecule has 1 aromatic heterocycles. The molecular formula is C11H17N3O2S. The molecule has 2 heterocycles. The summed E-state index contributed by atoms with van der Waals surface area (Å²) in [5.74, 6) is -0.743. The zero-order valence-corrected chi connectivity index (χ0v) is 10.7. The summed E-state index contributed by atoms with van der Waals surface area (Å²) in [6.45, 7) is 5.19. The topological polar surface area (TPSA) is 56.7 Å². The molecule has 1 saturated heterocycles. The van der Waals surface area contributed by atoms with Crippen molar-refractivity contribution >= 4 is 22.4 Å². The Morgan fingerprint density at radius 3 is 2.94 bits per heavy atom. The van der Waals surface area contributed by atoms with Crippen molar-refractivity contribution in [2.24, 2.45) is 0 Å². The molecule has 1 N–H and O–H groups in total. The minimum absolute atomic E-state index is 0.397. The average molecular weight is 255 g/mol. The highest BCUT2D eigenvalue weighted by Crippen LogP contribution is 2.19. The second-order valence-electron chi connectivity index (χ2n) is 4.21. The van der Waals surface area contributed by atoms with Crippen molar-refractivity contribution < 1.29 is 9.90 Å². The minimum atomic E-state index is -0.743. The standard InChI is InChI=1S/C11H17N3O2S/c1-9(10(15)16)13-4-2-5-14(7-6-13)11-12-3-8-17-11/h3,8-9H,2,4-7H2,1H3,(H,15,16)/t9-/m0/s1. The van der Waals surface area contributed by atoms with Gasteiger partial charge >= 0.3 is 5.97 Å². The number of rotatable bonds is 3. The van der Waals surface area contributed by atoms with E-state index in [-0.39, 0.29) is 0 Å². The first-order chi connectivity index (χ1) is 8.18. The first-order valence-electron chi connectivity index (χ1n) is 5.80. The van der Waals surface area contributed by atoms with Crippen molar-refractivity contribution in [3.05, 3.63) is 11.6 Å². The third kappa shape index (κ3) is 2.95. The van der Waals surface area contributed by atoms with Gasteiger partial charge in [-0.15, -0.1) is 11.3 Å². The number of carboxylic acids is 1. The summed E-state index contributed by atoms with van der Waals surface area (Å²) in [7, 11) is 0. The van der Waals surface area contributed by atoms with E-state index in [9.17, 15) is 4.79 Å². The Morgan fingerprint density at radius 2 is 2.29 bits per heavy atom. The van der Waals surface area contributed by atoms with Gasteiger partial charge in [-0.25, -0.2) is 4.98 Å². The van der Waals surface area contributed by atoms with E-state index in [4.69, 9.17) is 5.11 Å². The molecule has 1 aliphatic heterocycles. The molecule has 0 spiro atoms. The van der Waals surface area contributed by atoms with Gasteiger partial charge in [0.2, 0.25) is 0 Å². The Morgan fingerprint density at radius 1 is 1.47 bits per heavy atom. The lowest BCUT2D eigenvalue weighted by Crippen LogP contribution is -2.41. The molecule has 94 valence electrons. The molecule has 5 nitrogen and oxygen atoms in total. The number of anilines is 1. The van der Waals surface area contributed by atoms with Gasteiger partial charge in [-0.1, -0.05) is 0 Å². The van der Waals surface area contributed by atoms with Gasteiger partial charge in [-0.3, -0.25) is 9.69 Å². The first-order valence-corrected chi connectivity index (χ1v) is 6.68. The Labute approximate surface area is 105 Å². The van der Waals surface area contributed by atoms with E-state index in [1.54, 1.807) is 18.3 Å². The highest BCUT2D eigenvalue weighted by atomic mass is 32.1. The van der Waals surface area contributed by atoms with Crippen LogP contribution < -0.4 is 4.90 Å². The zero-order chi connectivity index (χ0) is 12.3. The van der Waals surface area contributed by atoms with Crippen LogP contribution in [0.25, 0.3) is 0 Å². The Balaban J connectivity index is 1.96. The van der Waals surface area contributed by atoms with Gasteiger partial charge in [0.15, 0.2) is 5.13 Å². The van der Waals surface area contributed by atoms with Crippen molar-refractivity contribution in [3.63, 3.8) is 0 Å². The summed E-state index contributed by atoms with van der Waals surface area (Å²) < 4.78 is 0. The molecule has 1 atom stereocenters. The van der Waals surface area contributed by atoms with E-state index < -0.39 is 12.0 Å². The van der Waals surface area contributed by atoms with Crippen molar-refractivity contribution in [2.45, 2.75) is 19.4 Å². The van der Waals surface area contributed by atoms with Gasteiger partial charge < -0.3 is 10.0 Å². The first kappa shape index (κ1) is 12.3. The lowest BCUT2D eigenvalue weighted by molar-refractivity contribution is -0.142. The van der Waals surface area contributed by atoms with Crippen molar-refractivity contribution in [1.29, 1.82) is 0 Å². The number of carboxylic acid groups (broad SMARTS) is 1. The number of aromatic nitrogens is 1. The van der Waals surface area contributed by atoms with Crippen LogP contribution in [0.5, 0.6) is 0 Å². The van der Waals surface area contributed by atoms with Crippen LogP contribution in [-0.4, -0.2) is 53.2 Å². The molecule has 17 heavy (non-hydrogen) atoms. The fourth-order valence-corrected chi connectivity index (χ4v) is 2.74. The molecule has 0 bridgehead atoms. The molecule has 0 saturated carbocycles.